The highest BCUT2D eigenvalue weighted by molar-refractivity contribution is 7.88. The average Bonchev–Trinajstić information content (AvgIpc) is 2.73. The molecule has 0 aromatic heterocycles. The molecule has 0 aliphatic carbocycles. The van der Waals surface area contributed by atoms with E-state index in [1.807, 2.05) is 92.7 Å². The quantitative estimate of drug-likeness (QED) is 0.581. The molecule has 0 saturated heterocycles. The number of hydrogen-bond acceptors (Lipinski definition) is 3. The summed E-state index contributed by atoms with van der Waals surface area (Å²) in [4.78, 5) is 13.0. The van der Waals surface area contributed by atoms with Gasteiger partial charge in [-0.3, -0.25) is 4.79 Å². The number of sulfonamides is 1. The highest BCUT2D eigenvalue weighted by Crippen LogP contribution is 2.23. The molecule has 3 aromatic carbocycles. The Kier molecular flexibility index (Phi) is 7.25. The van der Waals surface area contributed by atoms with Gasteiger partial charge in [0, 0.05) is 6.54 Å². The molecule has 0 radical (unpaired) electrons. The van der Waals surface area contributed by atoms with Crippen LogP contribution in [0.2, 0.25) is 0 Å². The maximum atomic E-state index is 13.0. The monoisotopic (exact) mass is 436 g/mol. The molecule has 0 spiro atoms. The van der Waals surface area contributed by atoms with Crippen molar-refractivity contribution < 1.29 is 13.2 Å². The zero-order chi connectivity index (χ0) is 22.4. The first-order valence-electron chi connectivity index (χ1n) is 10.1. The molecule has 31 heavy (non-hydrogen) atoms. The summed E-state index contributed by atoms with van der Waals surface area (Å²) in [6, 6.07) is 24.9. The first kappa shape index (κ1) is 22.7. The minimum Gasteiger partial charge on any atom is -0.344 e. The average molecular weight is 437 g/mol. The van der Waals surface area contributed by atoms with Gasteiger partial charge < -0.3 is 5.32 Å². The highest BCUT2D eigenvalue weighted by atomic mass is 32.2. The van der Waals surface area contributed by atoms with Gasteiger partial charge >= 0.3 is 0 Å². The number of aryl methyl sites for hydroxylation is 2. The summed E-state index contributed by atoms with van der Waals surface area (Å²) in [5.74, 6) is -0.354. The summed E-state index contributed by atoms with van der Waals surface area (Å²) in [6.07, 6.45) is 1.13. The maximum absolute atomic E-state index is 13.0. The zero-order valence-electron chi connectivity index (χ0n) is 18.1. The Balaban J connectivity index is 1.82. The summed E-state index contributed by atoms with van der Waals surface area (Å²) < 4.78 is 25.9. The van der Waals surface area contributed by atoms with Crippen LogP contribution in [0.3, 0.4) is 0 Å². The Hall–Kier alpha value is -2.96. The van der Waals surface area contributed by atoms with Gasteiger partial charge in [0.15, 0.2) is 0 Å². The van der Waals surface area contributed by atoms with E-state index < -0.39 is 10.0 Å². The number of nitrogens with one attached hydrogen (secondary N) is 1. The van der Waals surface area contributed by atoms with Gasteiger partial charge in [-0.05, 0) is 30.5 Å². The lowest BCUT2D eigenvalue weighted by molar-refractivity contribution is -0.121. The van der Waals surface area contributed by atoms with E-state index in [-0.39, 0.29) is 25.0 Å². The summed E-state index contributed by atoms with van der Waals surface area (Å²) in [6.45, 7) is 3.87. The third-order valence-corrected chi connectivity index (χ3v) is 6.28. The minimum absolute atomic E-state index is 0.146. The van der Waals surface area contributed by atoms with Gasteiger partial charge in [-0.2, -0.15) is 4.31 Å². The fourth-order valence-electron chi connectivity index (χ4n) is 3.41. The highest BCUT2D eigenvalue weighted by Gasteiger charge is 2.23. The van der Waals surface area contributed by atoms with Crippen LogP contribution in [0, 0.1) is 13.8 Å². The zero-order valence-corrected chi connectivity index (χ0v) is 18.9. The number of amides is 1. The Bertz CT molecular complexity index is 1130. The van der Waals surface area contributed by atoms with Gasteiger partial charge in [0.05, 0.1) is 18.8 Å². The predicted molar refractivity (Wildman–Crippen MR) is 124 cm³/mol. The molecule has 5 nitrogen and oxygen atoms in total. The summed E-state index contributed by atoms with van der Waals surface area (Å²) in [5.41, 5.74) is 4.90. The number of carbonyl (C=O) groups excluding carboxylic acids is 1. The van der Waals surface area contributed by atoms with E-state index in [4.69, 9.17) is 0 Å². The van der Waals surface area contributed by atoms with Crippen molar-refractivity contribution in [1.82, 2.24) is 9.62 Å². The van der Waals surface area contributed by atoms with Crippen molar-refractivity contribution in [2.45, 2.75) is 26.4 Å². The molecule has 1 amide bonds. The lowest BCUT2D eigenvalue weighted by Gasteiger charge is -2.24. The second kappa shape index (κ2) is 9.90. The van der Waals surface area contributed by atoms with E-state index in [0.29, 0.717) is 0 Å². The molecule has 6 heteroatoms. The molecule has 0 aliphatic rings. The second-order valence-electron chi connectivity index (χ2n) is 7.84. The molecule has 3 rings (SSSR count). The Morgan fingerprint density at radius 2 is 1.52 bits per heavy atom. The number of rotatable bonds is 8. The van der Waals surface area contributed by atoms with Crippen molar-refractivity contribution in [2.24, 2.45) is 0 Å². The van der Waals surface area contributed by atoms with Crippen LogP contribution < -0.4 is 5.32 Å². The topological polar surface area (TPSA) is 66.5 Å². The van der Waals surface area contributed by atoms with Crippen LogP contribution in [0.4, 0.5) is 0 Å². The largest absolute Gasteiger partial charge is 0.344 e. The van der Waals surface area contributed by atoms with Crippen molar-refractivity contribution in [2.75, 3.05) is 12.8 Å². The third kappa shape index (κ3) is 6.51. The fourth-order valence-corrected chi connectivity index (χ4v) is 4.14. The first-order chi connectivity index (χ1) is 14.7. The van der Waals surface area contributed by atoms with Gasteiger partial charge in [-0.1, -0.05) is 90.0 Å². The summed E-state index contributed by atoms with van der Waals surface area (Å²) >= 11 is 0. The number of hydrogen-bond donors (Lipinski definition) is 1. The minimum atomic E-state index is -3.57. The second-order valence-corrected chi connectivity index (χ2v) is 9.82. The lowest BCUT2D eigenvalue weighted by Crippen LogP contribution is -2.41. The molecule has 0 saturated carbocycles. The van der Waals surface area contributed by atoms with Crippen LogP contribution in [0.1, 0.15) is 33.9 Å². The molecule has 3 aromatic rings. The van der Waals surface area contributed by atoms with E-state index in [0.717, 1.165) is 34.1 Å². The summed E-state index contributed by atoms with van der Waals surface area (Å²) in [7, 11) is -3.57. The van der Waals surface area contributed by atoms with E-state index in [2.05, 4.69) is 5.32 Å². The molecular formula is C25H28N2O3S. The Morgan fingerprint density at radius 3 is 2.13 bits per heavy atom. The molecule has 0 heterocycles. The van der Waals surface area contributed by atoms with Gasteiger partial charge in [0.1, 0.15) is 0 Å². The van der Waals surface area contributed by atoms with Crippen molar-refractivity contribution in [1.29, 1.82) is 0 Å². The van der Waals surface area contributed by atoms with Crippen LogP contribution >= 0.6 is 0 Å². The fraction of sp³-hybridized carbons (Fsp3) is 0.240. The normalized spacial score (nSPS) is 12.5. The van der Waals surface area contributed by atoms with Crippen LogP contribution in [0.5, 0.6) is 0 Å². The van der Waals surface area contributed by atoms with Gasteiger partial charge in [-0.15, -0.1) is 0 Å². The molecule has 0 bridgehead atoms. The van der Waals surface area contributed by atoms with Crippen LogP contribution in [-0.4, -0.2) is 31.4 Å². The molecule has 0 aliphatic heterocycles. The molecule has 162 valence electrons. The predicted octanol–water partition coefficient (Wildman–Crippen LogP) is 3.97. The smallest absolute Gasteiger partial charge is 0.236 e. The van der Waals surface area contributed by atoms with Gasteiger partial charge in [0.25, 0.3) is 0 Å². The van der Waals surface area contributed by atoms with Gasteiger partial charge in [0.2, 0.25) is 15.9 Å². The SMILES string of the molecule is Cc1ccc(CN(CC(=O)N[C@H](c2ccccc2)c2cccc(C)c2)S(C)(=O)=O)cc1. The van der Waals surface area contributed by atoms with Crippen molar-refractivity contribution >= 4 is 15.9 Å². The van der Waals surface area contributed by atoms with Crippen molar-refractivity contribution in [3.8, 4) is 0 Å². The lowest BCUT2D eigenvalue weighted by atomic mass is 9.97. The van der Waals surface area contributed by atoms with E-state index in [1.165, 1.54) is 4.31 Å². The molecule has 1 N–H and O–H groups in total. The van der Waals surface area contributed by atoms with Crippen LogP contribution in [0.25, 0.3) is 0 Å². The van der Waals surface area contributed by atoms with Crippen LogP contribution in [0.15, 0.2) is 78.9 Å². The molecule has 0 fully saturated rings. The number of nitrogens with zero attached hydrogens (tertiary/aromatic N) is 1. The van der Waals surface area contributed by atoms with E-state index in [1.54, 1.807) is 0 Å². The van der Waals surface area contributed by atoms with E-state index in [9.17, 15) is 13.2 Å². The summed E-state index contributed by atoms with van der Waals surface area (Å²) in [5, 5.41) is 3.03. The van der Waals surface area contributed by atoms with Crippen molar-refractivity contribution in [3.05, 3.63) is 107 Å². The maximum Gasteiger partial charge on any atom is 0.236 e. The molecule has 0 unspecified atom stereocenters. The van der Waals surface area contributed by atoms with E-state index >= 15 is 0 Å². The number of carbonyl (C=O) groups is 1. The Morgan fingerprint density at radius 1 is 0.871 bits per heavy atom. The third-order valence-electron chi connectivity index (χ3n) is 5.08. The number of benzene rings is 3. The Labute approximate surface area is 184 Å². The standard InChI is InChI=1S/C25H28N2O3S/c1-19-12-14-21(15-13-19)17-27(31(3,29)30)18-24(28)26-25(22-9-5-4-6-10-22)23-11-7-8-20(2)16-23/h4-16,25H,17-18H2,1-3H3,(H,26,28)/t25-/m1/s1. The molecular weight excluding hydrogens is 408 g/mol. The van der Waals surface area contributed by atoms with Gasteiger partial charge in [-0.25, -0.2) is 8.42 Å². The van der Waals surface area contributed by atoms with Crippen LogP contribution in [-0.2, 0) is 21.4 Å². The first-order valence-corrected chi connectivity index (χ1v) is 12.0. The molecule has 1 atom stereocenters. The van der Waals surface area contributed by atoms with Crippen molar-refractivity contribution in [3.63, 3.8) is 0 Å².